The van der Waals surface area contributed by atoms with Gasteiger partial charge < -0.3 is 24.5 Å². The van der Waals surface area contributed by atoms with Gasteiger partial charge >= 0.3 is 6.01 Å². The Morgan fingerprint density at radius 3 is 2.60 bits per heavy atom. The Kier molecular flexibility index (Phi) is 7.47. The first-order valence-corrected chi connectivity index (χ1v) is 14.4. The third kappa shape index (κ3) is 5.43. The molecule has 3 aromatic rings. The molecule has 1 unspecified atom stereocenters. The summed E-state index contributed by atoms with van der Waals surface area (Å²) in [6.07, 6.45) is 4.62. The number of carbonyl (C=O) groups is 1. The number of ether oxygens (including phenoxy) is 1. The van der Waals surface area contributed by atoms with Gasteiger partial charge in [0.25, 0.3) is 0 Å². The molecule has 4 heterocycles. The van der Waals surface area contributed by atoms with Crippen LogP contribution >= 0.6 is 0 Å². The molecule has 210 valence electrons. The van der Waals surface area contributed by atoms with E-state index in [-0.39, 0.29) is 17.8 Å². The Balaban J connectivity index is 1.30. The van der Waals surface area contributed by atoms with Gasteiger partial charge in [-0.15, -0.1) is 0 Å². The third-order valence-electron chi connectivity index (χ3n) is 8.27. The van der Waals surface area contributed by atoms with E-state index in [2.05, 4.69) is 34.3 Å². The monoisotopic (exact) mass is 542 g/mol. The van der Waals surface area contributed by atoms with Crippen molar-refractivity contribution in [2.75, 3.05) is 62.2 Å². The highest BCUT2D eigenvalue weighted by Crippen LogP contribution is 2.36. The number of nitrogens with zero attached hydrogens (tertiary/aromatic N) is 6. The average molecular weight is 543 g/mol. The number of piperazine rings is 1. The molecule has 0 radical (unpaired) electrons. The number of hydrogen-bond acceptors (Lipinski definition) is 8. The van der Waals surface area contributed by atoms with Gasteiger partial charge in [-0.1, -0.05) is 30.8 Å². The first-order chi connectivity index (χ1) is 19.5. The minimum absolute atomic E-state index is 0.0271. The van der Waals surface area contributed by atoms with Crippen molar-refractivity contribution in [3.8, 4) is 11.8 Å². The minimum Gasteiger partial charge on any atom is -0.508 e. The Labute approximate surface area is 235 Å². The zero-order chi connectivity index (χ0) is 27.6. The van der Waals surface area contributed by atoms with Crippen LogP contribution in [0.25, 0.3) is 10.8 Å². The number of hydrogen-bond donors (Lipinski definition) is 1. The number of benzene rings is 2. The maximum absolute atomic E-state index is 12.2. The van der Waals surface area contributed by atoms with E-state index in [1.54, 1.807) is 0 Å². The third-order valence-corrected chi connectivity index (χ3v) is 8.27. The summed E-state index contributed by atoms with van der Waals surface area (Å²) in [6.45, 7) is 12.9. The van der Waals surface area contributed by atoms with E-state index < -0.39 is 0 Å². The van der Waals surface area contributed by atoms with Crippen LogP contribution in [0, 0.1) is 0 Å². The predicted octanol–water partition coefficient (Wildman–Crippen LogP) is 3.60. The van der Waals surface area contributed by atoms with Crippen LogP contribution in [0.3, 0.4) is 0 Å². The van der Waals surface area contributed by atoms with Gasteiger partial charge in [-0.05, 0) is 56.8 Å². The van der Waals surface area contributed by atoms with Crippen molar-refractivity contribution in [2.45, 2.75) is 38.8 Å². The fourth-order valence-electron chi connectivity index (χ4n) is 6.26. The number of rotatable bonds is 7. The van der Waals surface area contributed by atoms with Crippen molar-refractivity contribution in [3.63, 3.8) is 0 Å². The van der Waals surface area contributed by atoms with E-state index in [4.69, 9.17) is 14.7 Å². The molecule has 40 heavy (non-hydrogen) atoms. The van der Waals surface area contributed by atoms with Gasteiger partial charge in [0.05, 0.1) is 12.2 Å². The molecule has 1 N–H and O–H groups in total. The fraction of sp³-hybridized carbons (Fsp3) is 0.452. The molecule has 0 bridgehead atoms. The molecule has 0 aliphatic carbocycles. The first-order valence-electron chi connectivity index (χ1n) is 14.4. The van der Waals surface area contributed by atoms with E-state index in [0.29, 0.717) is 38.7 Å². The molecule has 3 aliphatic rings. The van der Waals surface area contributed by atoms with Gasteiger partial charge in [0.1, 0.15) is 17.7 Å². The number of fused-ring (bicyclic) bond motifs is 2. The maximum Gasteiger partial charge on any atom is 0.318 e. The molecule has 9 nitrogen and oxygen atoms in total. The lowest BCUT2D eigenvalue weighted by Gasteiger charge is -2.38. The first kappa shape index (κ1) is 26.4. The molecule has 1 amide bonds. The van der Waals surface area contributed by atoms with E-state index in [0.717, 1.165) is 66.1 Å². The number of carbonyl (C=O) groups excluding carboxylic acids is 1. The summed E-state index contributed by atoms with van der Waals surface area (Å²) in [4.78, 5) is 30.9. The second-order valence-corrected chi connectivity index (χ2v) is 11.1. The highest BCUT2D eigenvalue weighted by molar-refractivity contribution is 5.95. The van der Waals surface area contributed by atoms with E-state index in [1.165, 1.54) is 18.9 Å². The SMILES string of the molecule is C=CC(=O)N1CCN(c2nc(OC(C)CN3CCCC3)nc3c2CCN(c2cc(O)cc4ccccc24)C3)CC1. The quantitative estimate of drug-likeness (QED) is 0.454. The van der Waals surface area contributed by atoms with Crippen molar-refractivity contribution in [3.05, 3.63) is 60.3 Å². The number of likely N-dealkylation sites (tertiary alicyclic amines) is 1. The summed E-state index contributed by atoms with van der Waals surface area (Å²) in [5.74, 6) is 1.15. The Bertz CT molecular complexity index is 1400. The van der Waals surface area contributed by atoms with Gasteiger partial charge in [0.15, 0.2) is 0 Å². The number of anilines is 2. The number of aromatic hydroxyl groups is 1. The van der Waals surface area contributed by atoms with E-state index >= 15 is 0 Å². The lowest BCUT2D eigenvalue weighted by atomic mass is 10.0. The summed E-state index contributed by atoms with van der Waals surface area (Å²) in [6, 6.07) is 12.2. The van der Waals surface area contributed by atoms with Crippen LogP contribution in [0.2, 0.25) is 0 Å². The standard InChI is InChI=1S/C31H38N6O3/c1-3-29(39)35-14-16-36(17-15-35)30-26-10-13-37(28-19-24(38)18-23-8-4-5-9-25(23)28)21-27(26)32-31(33-30)40-22(2)20-34-11-6-7-12-34/h3-5,8-9,18-19,22,38H,1,6-7,10-17,20-21H2,2H3. The van der Waals surface area contributed by atoms with Crippen LogP contribution in [0.15, 0.2) is 49.1 Å². The number of phenolic OH excluding ortho intramolecular Hbond substituents is 1. The molecular weight excluding hydrogens is 504 g/mol. The second-order valence-electron chi connectivity index (χ2n) is 11.1. The lowest BCUT2D eigenvalue weighted by molar-refractivity contribution is -0.126. The molecule has 2 saturated heterocycles. The highest BCUT2D eigenvalue weighted by Gasteiger charge is 2.29. The molecule has 2 fully saturated rings. The minimum atomic E-state index is -0.0295. The average Bonchev–Trinajstić information content (AvgIpc) is 3.48. The van der Waals surface area contributed by atoms with Crippen molar-refractivity contribution < 1.29 is 14.6 Å². The van der Waals surface area contributed by atoms with Gasteiger partial charge in [-0.2, -0.15) is 9.97 Å². The van der Waals surface area contributed by atoms with E-state index in [9.17, 15) is 9.90 Å². The molecule has 1 aromatic heterocycles. The summed E-state index contributed by atoms with van der Waals surface area (Å²) in [5.41, 5.74) is 3.10. The summed E-state index contributed by atoms with van der Waals surface area (Å²) >= 11 is 0. The number of aromatic nitrogens is 2. The summed E-state index contributed by atoms with van der Waals surface area (Å²) in [5, 5.41) is 12.6. The topological polar surface area (TPSA) is 85.3 Å². The molecule has 1 atom stereocenters. The summed E-state index contributed by atoms with van der Waals surface area (Å²) in [7, 11) is 0. The van der Waals surface area contributed by atoms with Crippen molar-refractivity contribution in [1.29, 1.82) is 0 Å². The smallest absolute Gasteiger partial charge is 0.318 e. The maximum atomic E-state index is 12.2. The Morgan fingerprint density at radius 2 is 1.82 bits per heavy atom. The van der Waals surface area contributed by atoms with Crippen molar-refractivity contribution in [1.82, 2.24) is 19.8 Å². The van der Waals surface area contributed by atoms with Gasteiger partial charge in [0, 0.05) is 62.0 Å². The van der Waals surface area contributed by atoms with Gasteiger partial charge in [-0.25, -0.2) is 0 Å². The molecule has 2 aromatic carbocycles. The van der Waals surface area contributed by atoms with Gasteiger partial charge in [0.2, 0.25) is 5.91 Å². The lowest BCUT2D eigenvalue weighted by Crippen LogP contribution is -2.49. The van der Waals surface area contributed by atoms with Crippen LogP contribution < -0.4 is 14.5 Å². The molecule has 9 heteroatoms. The Hall–Kier alpha value is -3.85. The van der Waals surface area contributed by atoms with Crippen LogP contribution in [-0.4, -0.2) is 89.2 Å². The van der Waals surface area contributed by atoms with E-state index in [1.807, 2.05) is 35.2 Å². The van der Waals surface area contributed by atoms with Crippen LogP contribution in [0.4, 0.5) is 11.5 Å². The zero-order valence-corrected chi connectivity index (χ0v) is 23.3. The zero-order valence-electron chi connectivity index (χ0n) is 23.3. The predicted molar refractivity (Wildman–Crippen MR) is 157 cm³/mol. The van der Waals surface area contributed by atoms with Crippen molar-refractivity contribution in [2.24, 2.45) is 0 Å². The van der Waals surface area contributed by atoms with Crippen molar-refractivity contribution >= 4 is 28.2 Å². The number of amides is 1. The fourth-order valence-corrected chi connectivity index (χ4v) is 6.26. The molecule has 0 saturated carbocycles. The molecule has 3 aliphatic heterocycles. The highest BCUT2D eigenvalue weighted by atomic mass is 16.5. The van der Waals surface area contributed by atoms with Gasteiger partial charge in [-0.3, -0.25) is 9.69 Å². The second kappa shape index (κ2) is 11.3. The van der Waals surface area contributed by atoms with Crippen LogP contribution in [0.5, 0.6) is 11.8 Å². The molecule has 6 rings (SSSR count). The molecular formula is C31H38N6O3. The Morgan fingerprint density at radius 1 is 1.05 bits per heavy atom. The normalized spacial score (nSPS) is 18.6. The molecule has 0 spiro atoms. The largest absolute Gasteiger partial charge is 0.508 e. The van der Waals surface area contributed by atoms with Crippen LogP contribution in [0.1, 0.15) is 31.0 Å². The summed E-state index contributed by atoms with van der Waals surface area (Å²) < 4.78 is 6.35. The van der Waals surface area contributed by atoms with Crippen LogP contribution in [-0.2, 0) is 17.8 Å². The number of phenols is 1.